The lowest BCUT2D eigenvalue weighted by molar-refractivity contribution is -0.384. The zero-order valence-electron chi connectivity index (χ0n) is 23.8. The Bertz CT molecular complexity index is 1700. The summed E-state index contributed by atoms with van der Waals surface area (Å²) in [6.07, 6.45) is 2.57. The molecule has 5 rings (SSSR count). The third kappa shape index (κ3) is 5.95. The summed E-state index contributed by atoms with van der Waals surface area (Å²) in [5.74, 6) is -3.95. The van der Waals surface area contributed by atoms with Gasteiger partial charge in [-0.15, -0.1) is 0 Å². The van der Waals surface area contributed by atoms with Crippen LogP contribution in [0.2, 0.25) is 0 Å². The normalized spacial score (nSPS) is 17.4. The van der Waals surface area contributed by atoms with Gasteiger partial charge in [0.25, 0.3) is 23.4 Å². The number of allylic oxidation sites excluding steroid dienone is 2. The van der Waals surface area contributed by atoms with Gasteiger partial charge in [0.05, 0.1) is 29.4 Å². The van der Waals surface area contributed by atoms with Gasteiger partial charge < -0.3 is 9.47 Å². The lowest BCUT2D eigenvalue weighted by Gasteiger charge is -2.30. The Morgan fingerprint density at radius 1 is 0.909 bits per heavy atom. The van der Waals surface area contributed by atoms with E-state index in [0.29, 0.717) is 18.6 Å². The molecule has 3 amide bonds. The number of hydrogen-bond acceptors (Lipinski definition) is 9. The molecule has 0 unspecified atom stereocenters. The van der Waals surface area contributed by atoms with E-state index in [4.69, 9.17) is 9.47 Å². The second-order valence-corrected chi connectivity index (χ2v) is 10.4. The van der Waals surface area contributed by atoms with Crippen molar-refractivity contribution in [1.82, 2.24) is 10.0 Å². The average molecular weight is 598 g/mol. The highest BCUT2D eigenvalue weighted by molar-refractivity contribution is 6.10. The van der Waals surface area contributed by atoms with Crippen LogP contribution in [0.1, 0.15) is 50.8 Å². The number of imide groups is 1. The van der Waals surface area contributed by atoms with E-state index in [1.807, 2.05) is 13.0 Å². The maximum absolute atomic E-state index is 13.7. The zero-order chi connectivity index (χ0) is 31.5. The average Bonchev–Trinajstić information content (AvgIpc) is 3.27. The van der Waals surface area contributed by atoms with Crippen molar-refractivity contribution in [1.29, 1.82) is 0 Å². The molecule has 1 saturated heterocycles. The summed E-state index contributed by atoms with van der Waals surface area (Å²) in [5.41, 5.74) is 1.04. The monoisotopic (exact) mass is 597 g/mol. The summed E-state index contributed by atoms with van der Waals surface area (Å²) in [5, 5.41) is 12.6. The molecule has 12 nitrogen and oxygen atoms in total. The number of benzene rings is 3. The van der Waals surface area contributed by atoms with E-state index < -0.39 is 52.8 Å². The molecule has 0 aromatic heterocycles. The Balaban J connectivity index is 1.38. The topological polar surface area (TPSA) is 153 Å². The van der Waals surface area contributed by atoms with Crippen LogP contribution in [-0.4, -0.2) is 58.1 Å². The SMILES string of the molecule is COc1cccc(C(=O)Oc2ccc(C(=O)CN(C(=O)c3ccc([N+](=O)[O-])cc3)N3C(=O)[C@H]4CC=C(C)C[C@@H]4C3=O)cc2)c1. The number of esters is 1. The number of hydrazine groups is 1. The number of rotatable bonds is 9. The van der Waals surface area contributed by atoms with Crippen LogP contribution in [0.4, 0.5) is 5.69 Å². The fourth-order valence-electron chi connectivity index (χ4n) is 5.22. The van der Waals surface area contributed by atoms with Crippen LogP contribution in [-0.2, 0) is 9.59 Å². The summed E-state index contributed by atoms with van der Waals surface area (Å²) in [6.45, 7) is 1.19. The highest BCUT2D eigenvalue weighted by atomic mass is 16.6. The van der Waals surface area contributed by atoms with Gasteiger partial charge >= 0.3 is 5.97 Å². The predicted octanol–water partition coefficient (Wildman–Crippen LogP) is 4.40. The van der Waals surface area contributed by atoms with Gasteiger partial charge in [0, 0.05) is 23.3 Å². The molecular weight excluding hydrogens is 570 g/mol. The van der Waals surface area contributed by atoms with E-state index in [9.17, 15) is 34.1 Å². The first-order valence-electron chi connectivity index (χ1n) is 13.7. The second-order valence-electron chi connectivity index (χ2n) is 10.4. The molecule has 2 atom stereocenters. The first-order valence-corrected chi connectivity index (χ1v) is 13.7. The van der Waals surface area contributed by atoms with Crippen molar-refractivity contribution in [3.05, 3.63) is 111 Å². The summed E-state index contributed by atoms with van der Waals surface area (Å²) in [4.78, 5) is 77.0. The molecule has 0 N–H and O–H groups in total. The van der Waals surface area contributed by atoms with Gasteiger partial charge in [-0.25, -0.2) is 9.80 Å². The fraction of sp³-hybridized carbons (Fsp3) is 0.219. The van der Waals surface area contributed by atoms with E-state index in [2.05, 4.69) is 0 Å². The van der Waals surface area contributed by atoms with Gasteiger partial charge in [0.15, 0.2) is 5.78 Å². The van der Waals surface area contributed by atoms with E-state index in [1.54, 1.807) is 18.2 Å². The number of methoxy groups -OCH3 is 1. The molecule has 0 saturated carbocycles. The van der Waals surface area contributed by atoms with E-state index in [-0.39, 0.29) is 28.1 Å². The largest absolute Gasteiger partial charge is 0.497 e. The summed E-state index contributed by atoms with van der Waals surface area (Å²) < 4.78 is 10.5. The van der Waals surface area contributed by atoms with E-state index in [1.165, 1.54) is 49.6 Å². The lowest BCUT2D eigenvalue weighted by Crippen LogP contribution is -2.52. The lowest BCUT2D eigenvalue weighted by atomic mass is 9.82. The van der Waals surface area contributed by atoms with Crippen LogP contribution in [0.3, 0.4) is 0 Å². The standard InChI is InChI=1S/C32H27N3O9/c1-19-6-15-26-27(16-19)31(39)34(30(26)38)33(29(37)21-7-11-23(12-8-21)35(41)42)18-28(36)20-9-13-24(14-10-20)44-32(40)22-4-3-5-25(17-22)43-2/h3-14,17,26-27H,15-16,18H2,1-2H3/t26-,27-/m0/s1. The second kappa shape index (κ2) is 12.3. The minimum atomic E-state index is -0.845. The molecule has 0 radical (unpaired) electrons. The summed E-state index contributed by atoms with van der Waals surface area (Å²) in [7, 11) is 1.47. The molecule has 3 aromatic carbocycles. The number of nitrogens with zero attached hydrogens (tertiary/aromatic N) is 3. The smallest absolute Gasteiger partial charge is 0.343 e. The minimum Gasteiger partial charge on any atom is -0.497 e. The van der Waals surface area contributed by atoms with Crippen LogP contribution < -0.4 is 9.47 Å². The van der Waals surface area contributed by atoms with Gasteiger partial charge in [-0.3, -0.25) is 29.3 Å². The van der Waals surface area contributed by atoms with Crippen LogP contribution >= 0.6 is 0 Å². The van der Waals surface area contributed by atoms with Gasteiger partial charge in [0.1, 0.15) is 18.0 Å². The van der Waals surface area contributed by atoms with Crippen molar-refractivity contribution in [2.24, 2.45) is 11.8 Å². The van der Waals surface area contributed by atoms with Crippen molar-refractivity contribution in [2.45, 2.75) is 19.8 Å². The van der Waals surface area contributed by atoms with Gasteiger partial charge in [-0.1, -0.05) is 17.7 Å². The van der Waals surface area contributed by atoms with Gasteiger partial charge in [-0.2, -0.15) is 5.01 Å². The molecule has 1 fully saturated rings. The van der Waals surface area contributed by atoms with Crippen molar-refractivity contribution >= 4 is 35.2 Å². The Kier molecular flexibility index (Phi) is 8.34. The Morgan fingerprint density at radius 2 is 1.57 bits per heavy atom. The van der Waals surface area contributed by atoms with Crippen LogP contribution in [0, 0.1) is 22.0 Å². The highest BCUT2D eigenvalue weighted by Gasteiger charge is 2.51. The number of nitro benzene ring substituents is 1. The predicted molar refractivity (Wildman–Crippen MR) is 155 cm³/mol. The maximum Gasteiger partial charge on any atom is 0.343 e. The first-order chi connectivity index (χ1) is 21.1. The van der Waals surface area contributed by atoms with Crippen LogP contribution in [0.25, 0.3) is 0 Å². The number of nitro groups is 1. The number of ketones is 1. The molecular formula is C32H27N3O9. The third-order valence-corrected chi connectivity index (χ3v) is 7.59. The fourth-order valence-corrected chi connectivity index (χ4v) is 5.22. The van der Waals surface area contributed by atoms with Crippen LogP contribution in [0.5, 0.6) is 11.5 Å². The van der Waals surface area contributed by atoms with Crippen molar-refractivity contribution < 1.29 is 38.4 Å². The molecule has 1 aliphatic carbocycles. The van der Waals surface area contributed by atoms with Crippen molar-refractivity contribution in [3.63, 3.8) is 0 Å². The Hall–Kier alpha value is -5.65. The number of non-ortho nitro benzene ring substituents is 1. The quantitative estimate of drug-likeness (QED) is 0.0664. The number of carbonyl (C=O) groups excluding carboxylic acids is 5. The molecule has 224 valence electrons. The number of amides is 3. The number of Topliss-reactive ketones (excluding diaryl/α,β-unsaturated/α-hetero) is 1. The van der Waals surface area contributed by atoms with Crippen molar-refractivity contribution in [2.75, 3.05) is 13.7 Å². The molecule has 0 spiro atoms. The molecule has 0 bridgehead atoms. The zero-order valence-corrected chi connectivity index (χ0v) is 23.8. The van der Waals surface area contributed by atoms with E-state index >= 15 is 0 Å². The van der Waals surface area contributed by atoms with Crippen molar-refractivity contribution in [3.8, 4) is 11.5 Å². The van der Waals surface area contributed by atoms with E-state index in [0.717, 1.165) is 27.7 Å². The third-order valence-electron chi connectivity index (χ3n) is 7.59. The first kappa shape index (κ1) is 29.8. The molecule has 44 heavy (non-hydrogen) atoms. The number of hydrogen-bond donors (Lipinski definition) is 0. The molecule has 1 aliphatic heterocycles. The highest BCUT2D eigenvalue weighted by Crippen LogP contribution is 2.38. The Labute approximate surface area is 251 Å². The molecule has 3 aromatic rings. The minimum absolute atomic E-state index is 0.0482. The number of fused-ring (bicyclic) bond motifs is 1. The Morgan fingerprint density at radius 3 is 2.23 bits per heavy atom. The molecule has 12 heteroatoms. The van der Waals surface area contributed by atoms with Gasteiger partial charge in [0.2, 0.25) is 0 Å². The number of carbonyl (C=O) groups is 5. The summed E-state index contributed by atoms with van der Waals surface area (Å²) >= 11 is 0. The molecule has 2 aliphatic rings. The molecule has 1 heterocycles. The maximum atomic E-state index is 13.7. The summed E-state index contributed by atoms with van der Waals surface area (Å²) in [6, 6.07) is 16.7. The number of ether oxygens (including phenoxy) is 2. The van der Waals surface area contributed by atoms with Gasteiger partial charge in [-0.05, 0) is 74.4 Å². The van der Waals surface area contributed by atoms with Crippen LogP contribution in [0.15, 0.2) is 84.4 Å².